The number of rotatable bonds is 7. The van der Waals surface area contributed by atoms with E-state index in [0.717, 1.165) is 29.4 Å². The molecule has 24 heavy (non-hydrogen) atoms. The molecule has 0 aromatic heterocycles. The van der Waals surface area contributed by atoms with Gasteiger partial charge in [-0.3, -0.25) is 4.79 Å². The van der Waals surface area contributed by atoms with Crippen LogP contribution in [0.2, 0.25) is 0 Å². The molecule has 1 atom stereocenters. The summed E-state index contributed by atoms with van der Waals surface area (Å²) in [6.45, 7) is 6.01. The maximum Gasteiger partial charge on any atom is 0.265 e. The summed E-state index contributed by atoms with van der Waals surface area (Å²) in [5.74, 6) is 0.537. The van der Waals surface area contributed by atoms with Gasteiger partial charge in [-0.05, 0) is 71.1 Å². The highest BCUT2D eigenvalue weighted by Crippen LogP contribution is 2.24. The first-order chi connectivity index (χ1) is 11.5. The van der Waals surface area contributed by atoms with Crippen molar-refractivity contribution in [3.05, 3.63) is 58.1 Å². The molecule has 1 unspecified atom stereocenters. The number of carbonyl (C=O) groups excluding carboxylic acids is 1. The number of carbonyl (C=O) groups is 1. The zero-order chi connectivity index (χ0) is 17.5. The van der Waals surface area contributed by atoms with E-state index in [1.165, 1.54) is 11.1 Å². The van der Waals surface area contributed by atoms with Crippen LogP contribution in [0.15, 0.2) is 46.9 Å². The first kappa shape index (κ1) is 18.5. The quantitative estimate of drug-likeness (QED) is 0.690. The van der Waals surface area contributed by atoms with Gasteiger partial charge in [0.15, 0.2) is 6.10 Å². The van der Waals surface area contributed by atoms with Gasteiger partial charge >= 0.3 is 0 Å². The molecule has 2 aromatic carbocycles. The molecule has 2 rings (SSSR count). The number of benzene rings is 2. The molecule has 1 N–H and O–H groups in total. The van der Waals surface area contributed by atoms with Crippen LogP contribution in [0.3, 0.4) is 0 Å². The van der Waals surface area contributed by atoms with Gasteiger partial charge in [-0.1, -0.05) is 38.5 Å². The first-order valence-corrected chi connectivity index (χ1v) is 9.17. The zero-order valence-electron chi connectivity index (χ0n) is 14.4. The van der Waals surface area contributed by atoms with Gasteiger partial charge in [-0.25, -0.2) is 0 Å². The number of aryl methyl sites for hydroxylation is 2. The fraction of sp³-hybridized carbons (Fsp3) is 0.350. The molecular weight excluding hydrogens is 366 g/mol. The molecule has 0 saturated heterocycles. The van der Waals surface area contributed by atoms with Crippen LogP contribution in [0.5, 0.6) is 5.75 Å². The molecule has 0 fully saturated rings. The number of hydrogen-bond donors (Lipinski definition) is 1. The third-order valence-corrected chi connectivity index (χ3v) is 4.50. The Morgan fingerprint density at radius 2 is 1.79 bits per heavy atom. The summed E-state index contributed by atoms with van der Waals surface area (Å²) >= 11 is 3.50. The molecule has 2 aromatic rings. The van der Waals surface area contributed by atoms with Gasteiger partial charge in [0.2, 0.25) is 0 Å². The predicted octanol–water partition coefficient (Wildman–Crippen LogP) is 5.37. The van der Waals surface area contributed by atoms with Crippen LogP contribution in [0.1, 0.15) is 38.3 Å². The van der Waals surface area contributed by atoms with Crippen LogP contribution in [0.25, 0.3) is 0 Å². The molecule has 0 aliphatic rings. The number of amides is 1. The van der Waals surface area contributed by atoms with E-state index >= 15 is 0 Å². The molecule has 0 heterocycles. The third kappa shape index (κ3) is 5.10. The van der Waals surface area contributed by atoms with Crippen LogP contribution >= 0.6 is 15.9 Å². The van der Waals surface area contributed by atoms with Crippen molar-refractivity contribution in [2.75, 3.05) is 5.32 Å². The second-order valence-corrected chi connectivity index (χ2v) is 6.67. The normalized spacial score (nSPS) is 11.8. The predicted molar refractivity (Wildman–Crippen MR) is 103 cm³/mol. The summed E-state index contributed by atoms with van der Waals surface area (Å²) in [6.07, 6.45) is 2.56. The molecule has 0 aliphatic carbocycles. The number of ether oxygens (including phenoxy) is 1. The monoisotopic (exact) mass is 389 g/mol. The van der Waals surface area contributed by atoms with Gasteiger partial charge in [0.05, 0.1) is 5.69 Å². The van der Waals surface area contributed by atoms with Crippen LogP contribution in [-0.2, 0) is 17.6 Å². The molecule has 0 saturated carbocycles. The minimum absolute atomic E-state index is 0.169. The van der Waals surface area contributed by atoms with Crippen LogP contribution in [0.4, 0.5) is 5.69 Å². The lowest BCUT2D eigenvalue weighted by molar-refractivity contribution is -0.122. The van der Waals surface area contributed by atoms with Crippen molar-refractivity contribution in [1.29, 1.82) is 0 Å². The van der Waals surface area contributed by atoms with Crippen molar-refractivity contribution in [2.45, 2.75) is 46.1 Å². The Labute approximate surface area is 152 Å². The number of anilines is 1. The average molecular weight is 390 g/mol. The lowest BCUT2D eigenvalue weighted by Gasteiger charge is -2.16. The van der Waals surface area contributed by atoms with Gasteiger partial charge < -0.3 is 10.1 Å². The van der Waals surface area contributed by atoms with E-state index in [-0.39, 0.29) is 5.91 Å². The molecule has 0 radical (unpaired) electrons. The summed E-state index contributed by atoms with van der Waals surface area (Å²) in [5.41, 5.74) is 3.25. The SMILES string of the molecule is CCCc1ccc(OC(C)C(=O)Nc2ccc(CC)cc2Br)cc1. The van der Waals surface area contributed by atoms with Crippen molar-refractivity contribution in [1.82, 2.24) is 0 Å². The molecule has 4 heteroatoms. The third-order valence-electron chi connectivity index (χ3n) is 3.84. The lowest BCUT2D eigenvalue weighted by Crippen LogP contribution is -2.30. The van der Waals surface area contributed by atoms with E-state index in [9.17, 15) is 4.79 Å². The van der Waals surface area contributed by atoms with E-state index in [4.69, 9.17) is 4.74 Å². The molecule has 1 amide bonds. The number of nitrogens with one attached hydrogen (secondary N) is 1. The Morgan fingerprint density at radius 1 is 1.12 bits per heavy atom. The molecule has 0 aliphatic heterocycles. The first-order valence-electron chi connectivity index (χ1n) is 8.38. The molecule has 3 nitrogen and oxygen atoms in total. The fourth-order valence-corrected chi connectivity index (χ4v) is 2.92. The zero-order valence-corrected chi connectivity index (χ0v) is 16.0. The van der Waals surface area contributed by atoms with Crippen molar-refractivity contribution < 1.29 is 9.53 Å². The Bertz CT molecular complexity index is 683. The van der Waals surface area contributed by atoms with Gasteiger partial charge in [0, 0.05) is 4.47 Å². The highest BCUT2D eigenvalue weighted by molar-refractivity contribution is 9.10. The minimum atomic E-state index is -0.570. The summed E-state index contributed by atoms with van der Waals surface area (Å²) in [6, 6.07) is 13.9. The fourth-order valence-electron chi connectivity index (χ4n) is 2.40. The maximum absolute atomic E-state index is 12.3. The van der Waals surface area contributed by atoms with Crippen molar-refractivity contribution >= 4 is 27.5 Å². The second-order valence-electron chi connectivity index (χ2n) is 5.81. The second kappa shape index (κ2) is 8.88. The summed E-state index contributed by atoms with van der Waals surface area (Å²) in [5, 5.41) is 2.90. The lowest BCUT2D eigenvalue weighted by atomic mass is 10.1. The minimum Gasteiger partial charge on any atom is -0.481 e. The van der Waals surface area contributed by atoms with Gasteiger partial charge in [0.1, 0.15) is 5.75 Å². The molecule has 0 spiro atoms. The average Bonchev–Trinajstić information content (AvgIpc) is 2.58. The highest BCUT2D eigenvalue weighted by atomic mass is 79.9. The van der Waals surface area contributed by atoms with E-state index in [0.29, 0.717) is 5.75 Å². The van der Waals surface area contributed by atoms with E-state index in [2.05, 4.69) is 35.1 Å². The number of hydrogen-bond acceptors (Lipinski definition) is 2. The van der Waals surface area contributed by atoms with E-state index in [1.807, 2.05) is 42.5 Å². The van der Waals surface area contributed by atoms with Crippen LogP contribution in [-0.4, -0.2) is 12.0 Å². The topological polar surface area (TPSA) is 38.3 Å². The Hall–Kier alpha value is -1.81. The Kier molecular flexibility index (Phi) is 6.85. The molecule has 0 bridgehead atoms. The van der Waals surface area contributed by atoms with Crippen LogP contribution in [0, 0.1) is 0 Å². The highest BCUT2D eigenvalue weighted by Gasteiger charge is 2.16. The standard InChI is InChI=1S/C20H24BrNO2/c1-4-6-16-7-10-17(11-8-16)24-14(3)20(23)22-19-12-9-15(5-2)13-18(19)21/h7-14H,4-6H2,1-3H3,(H,22,23). The smallest absolute Gasteiger partial charge is 0.265 e. The molecular formula is C20H24BrNO2. The Morgan fingerprint density at radius 3 is 2.38 bits per heavy atom. The summed E-state index contributed by atoms with van der Waals surface area (Å²) < 4.78 is 6.62. The number of halogens is 1. The van der Waals surface area contributed by atoms with E-state index < -0.39 is 6.10 Å². The van der Waals surface area contributed by atoms with Gasteiger partial charge in [-0.2, -0.15) is 0 Å². The summed E-state index contributed by atoms with van der Waals surface area (Å²) in [4.78, 5) is 12.3. The van der Waals surface area contributed by atoms with Crippen LogP contribution < -0.4 is 10.1 Å². The van der Waals surface area contributed by atoms with E-state index in [1.54, 1.807) is 6.92 Å². The summed E-state index contributed by atoms with van der Waals surface area (Å²) in [7, 11) is 0. The maximum atomic E-state index is 12.3. The largest absolute Gasteiger partial charge is 0.481 e. The van der Waals surface area contributed by atoms with Crippen molar-refractivity contribution in [3.63, 3.8) is 0 Å². The Balaban J connectivity index is 1.96. The molecule has 128 valence electrons. The van der Waals surface area contributed by atoms with Crippen molar-refractivity contribution in [3.8, 4) is 5.75 Å². The van der Waals surface area contributed by atoms with Gasteiger partial charge in [-0.15, -0.1) is 0 Å². The van der Waals surface area contributed by atoms with Crippen molar-refractivity contribution in [2.24, 2.45) is 0 Å². The van der Waals surface area contributed by atoms with Gasteiger partial charge in [0.25, 0.3) is 5.91 Å².